The predicted molar refractivity (Wildman–Crippen MR) is 162 cm³/mol. The van der Waals surface area contributed by atoms with Gasteiger partial charge in [-0.15, -0.1) is 0 Å². The third kappa shape index (κ3) is 30.6. The molecule has 4 nitrogen and oxygen atoms in total. The summed E-state index contributed by atoms with van der Waals surface area (Å²) < 4.78 is 10.3. The Hall–Kier alpha value is -1.58. The van der Waals surface area contributed by atoms with Crippen molar-refractivity contribution in [2.75, 3.05) is 13.2 Å². The Morgan fingerprint density at radius 1 is 0.421 bits per heavy atom. The van der Waals surface area contributed by atoms with Crippen molar-refractivity contribution >= 4 is 11.9 Å². The first kappa shape index (κ1) is 36.4. The lowest BCUT2D eigenvalue weighted by atomic mass is 10.1. The fourth-order valence-electron chi connectivity index (χ4n) is 4.50. The van der Waals surface area contributed by atoms with E-state index >= 15 is 0 Å². The van der Waals surface area contributed by atoms with E-state index in [1.165, 1.54) is 128 Å². The quantitative estimate of drug-likeness (QED) is 0.0544. The number of hydrogen-bond acceptors (Lipinski definition) is 4. The molecule has 0 aromatic rings. The van der Waals surface area contributed by atoms with Gasteiger partial charge in [0, 0.05) is 0 Å². The summed E-state index contributed by atoms with van der Waals surface area (Å²) in [6.07, 6.45) is 37.0. The first-order valence-electron chi connectivity index (χ1n) is 16.3. The van der Waals surface area contributed by atoms with Crippen LogP contribution >= 0.6 is 0 Å². The number of rotatable bonds is 29. The van der Waals surface area contributed by atoms with E-state index in [-0.39, 0.29) is 38.0 Å². The van der Waals surface area contributed by atoms with Crippen LogP contribution in [0.3, 0.4) is 0 Å². The lowest BCUT2D eigenvalue weighted by Crippen LogP contribution is -2.10. The smallest absolute Gasteiger partial charge is 0.306 e. The number of hydrogen-bond donors (Lipinski definition) is 0. The summed E-state index contributed by atoms with van der Waals surface area (Å²) in [6.45, 7) is 5.09. The largest absolute Gasteiger partial charge is 0.461 e. The highest BCUT2D eigenvalue weighted by Crippen LogP contribution is 2.12. The number of carbonyl (C=O) groups excluding carboxylic acids is 2. The molecule has 0 N–H and O–H groups in total. The maximum absolute atomic E-state index is 11.8. The second-order valence-electron chi connectivity index (χ2n) is 10.8. The van der Waals surface area contributed by atoms with Gasteiger partial charge in [0.15, 0.2) is 0 Å². The van der Waals surface area contributed by atoms with Crippen molar-refractivity contribution in [1.82, 2.24) is 0 Å². The summed E-state index contributed by atoms with van der Waals surface area (Å²) >= 11 is 0. The van der Waals surface area contributed by atoms with Gasteiger partial charge in [0.1, 0.15) is 13.2 Å². The van der Waals surface area contributed by atoms with E-state index in [1.54, 1.807) is 0 Å². The summed E-state index contributed by atoms with van der Waals surface area (Å²) in [4.78, 5) is 23.6. The van der Waals surface area contributed by atoms with Crippen molar-refractivity contribution in [2.24, 2.45) is 0 Å². The zero-order valence-electron chi connectivity index (χ0n) is 25.3. The minimum Gasteiger partial charge on any atom is -0.461 e. The highest BCUT2D eigenvalue weighted by molar-refractivity contribution is 5.77. The molecule has 0 unspecified atom stereocenters. The Morgan fingerprint density at radius 3 is 1.03 bits per heavy atom. The predicted octanol–water partition coefficient (Wildman–Crippen LogP) is 10.6. The maximum atomic E-state index is 11.8. The van der Waals surface area contributed by atoms with E-state index in [1.807, 2.05) is 12.2 Å². The lowest BCUT2D eigenvalue weighted by molar-refractivity contribution is -0.149. The Bertz CT molecular complexity index is 517. The van der Waals surface area contributed by atoms with E-state index < -0.39 is 0 Å². The summed E-state index contributed by atoms with van der Waals surface area (Å²) in [5.74, 6) is -0.691. The Balaban J connectivity index is 3.41. The third-order valence-corrected chi connectivity index (χ3v) is 7.00. The highest BCUT2D eigenvalue weighted by atomic mass is 16.5. The van der Waals surface area contributed by atoms with E-state index in [0.717, 1.165) is 12.8 Å². The van der Waals surface area contributed by atoms with Crippen LogP contribution in [0.4, 0.5) is 0 Å². The molecule has 0 bridgehead atoms. The van der Waals surface area contributed by atoms with E-state index in [0.29, 0.717) is 0 Å². The van der Waals surface area contributed by atoms with Gasteiger partial charge in [-0.05, 0) is 25.7 Å². The number of esters is 2. The van der Waals surface area contributed by atoms with Gasteiger partial charge in [0.2, 0.25) is 0 Å². The second kappa shape index (κ2) is 31.6. The van der Waals surface area contributed by atoms with Crippen LogP contribution in [0.5, 0.6) is 0 Å². The molecule has 0 radical (unpaired) electrons. The fraction of sp³-hybridized carbons (Fsp3) is 0.824. The average molecular weight is 535 g/mol. The number of carbonyl (C=O) groups is 2. The normalized spacial score (nSPS) is 11.5. The summed E-state index contributed by atoms with van der Waals surface area (Å²) in [7, 11) is 0. The van der Waals surface area contributed by atoms with Crippen LogP contribution in [0, 0.1) is 0 Å². The van der Waals surface area contributed by atoms with E-state index in [2.05, 4.69) is 26.0 Å². The van der Waals surface area contributed by atoms with Gasteiger partial charge in [-0.25, -0.2) is 0 Å². The van der Waals surface area contributed by atoms with Crippen LogP contribution in [0.2, 0.25) is 0 Å². The molecule has 0 amide bonds. The first-order valence-corrected chi connectivity index (χ1v) is 16.3. The zero-order chi connectivity index (χ0) is 27.8. The first-order chi connectivity index (χ1) is 18.7. The molecule has 0 heterocycles. The number of ether oxygens (including phenoxy) is 2. The van der Waals surface area contributed by atoms with Crippen molar-refractivity contribution in [1.29, 1.82) is 0 Å². The molecule has 0 aliphatic carbocycles. The summed E-state index contributed by atoms with van der Waals surface area (Å²) in [6, 6.07) is 0. The Labute approximate surface area is 236 Å². The molecular formula is C34H62O4. The number of allylic oxidation sites excluding steroid dienone is 2. The maximum Gasteiger partial charge on any atom is 0.306 e. The molecule has 0 saturated carbocycles. The monoisotopic (exact) mass is 534 g/mol. The number of unbranched alkanes of at least 4 members (excludes halogenated alkanes) is 20. The van der Waals surface area contributed by atoms with Crippen LogP contribution in [0.1, 0.15) is 168 Å². The van der Waals surface area contributed by atoms with E-state index in [9.17, 15) is 9.59 Å². The molecule has 0 spiro atoms. The second-order valence-corrected chi connectivity index (χ2v) is 10.8. The van der Waals surface area contributed by atoms with Gasteiger partial charge in [-0.3, -0.25) is 9.59 Å². The van der Waals surface area contributed by atoms with Crippen LogP contribution < -0.4 is 0 Å². The minimum absolute atomic E-state index is 0.0768. The molecule has 222 valence electrons. The van der Waals surface area contributed by atoms with Crippen LogP contribution in [0.15, 0.2) is 24.3 Å². The average Bonchev–Trinajstić information content (AvgIpc) is 2.92. The highest BCUT2D eigenvalue weighted by Gasteiger charge is 2.08. The molecule has 0 aromatic carbocycles. The minimum atomic E-state index is -0.345. The van der Waals surface area contributed by atoms with Crippen molar-refractivity contribution in [3.05, 3.63) is 24.3 Å². The molecule has 0 rings (SSSR count). The van der Waals surface area contributed by atoms with Gasteiger partial charge in [0.25, 0.3) is 0 Å². The molecule has 0 aliphatic rings. The van der Waals surface area contributed by atoms with E-state index in [4.69, 9.17) is 9.47 Å². The van der Waals surface area contributed by atoms with Crippen molar-refractivity contribution < 1.29 is 19.1 Å². The molecule has 0 fully saturated rings. The van der Waals surface area contributed by atoms with Crippen LogP contribution in [0.25, 0.3) is 0 Å². The third-order valence-electron chi connectivity index (χ3n) is 7.00. The van der Waals surface area contributed by atoms with Crippen molar-refractivity contribution in [2.45, 2.75) is 168 Å². The topological polar surface area (TPSA) is 52.6 Å². The fourth-order valence-corrected chi connectivity index (χ4v) is 4.50. The van der Waals surface area contributed by atoms with Crippen molar-refractivity contribution in [3.63, 3.8) is 0 Å². The summed E-state index contributed by atoms with van der Waals surface area (Å²) in [5, 5.41) is 0. The molecule has 0 aliphatic heterocycles. The van der Waals surface area contributed by atoms with Gasteiger partial charge < -0.3 is 9.47 Å². The van der Waals surface area contributed by atoms with Gasteiger partial charge >= 0.3 is 11.9 Å². The lowest BCUT2D eigenvalue weighted by Gasteiger charge is -2.03. The van der Waals surface area contributed by atoms with Gasteiger partial charge in [-0.2, -0.15) is 0 Å². The molecular weight excluding hydrogens is 472 g/mol. The van der Waals surface area contributed by atoms with Gasteiger partial charge in [-0.1, -0.05) is 154 Å². The van der Waals surface area contributed by atoms with Crippen LogP contribution in [-0.2, 0) is 19.1 Å². The SMILES string of the molecule is CCCCCCCCCCCC/C=C/COC(=O)CCC(=O)OC/C=C/CCCCCCCCCCCC. The molecule has 0 atom stereocenters. The molecule has 38 heavy (non-hydrogen) atoms. The Kier molecular flexibility index (Phi) is 30.3. The van der Waals surface area contributed by atoms with Crippen molar-refractivity contribution in [3.8, 4) is 0 Å². The standard InChI is InChI=1S/C34H62O4/c1-3-5-7-9-11-13-15-17-19-21-23-25-27-31-37-33(35)29-30-34(36)38-32-28-26-24-22-20-18-16-14-12-10-8-6-4-2/h25-28H,3-24,29-32H2,1-2H3/b27-25+,28-26+. The molecule has 4 heteroatoms. The zero-order valence-corrected chi connectivity index (χ0v) is 25.3. The summed E-state index contributed by atoms with van der Waals surface area (Å²) in [5.41, 5.74) is 0. The molecule has 0 saturated heterocycles. The van der Waals surface area contributed by atoms with Gasteiger partial charge in [0.05, 0.1) is 12.8 Å². The Morgan fingerprint density at radius 2 is 0.711 bits per heavy atom. The van der Waals surface area contributed by atoms with Crippen LogP contribution in [-0.4, -0.2) is 25.2 Å². The molecule has 0 aromatic heterocycles.